The van der Waals surface area contributed by atoms with E-state index >= 15 is 0 Å². The van der Waals surface area contributed by atoms with Gasteiger partial charge in [-0.15, -0.1) is 0 Å². The summed E-state index contributed by atoms with van der Waals surface area (Å²) in [7, 11) is 0. The van der Waals surface area contributed by atoms with Crippen LogP contribution in [0, 0.1) is 6.92 Å². The van der Waals surface area contributed by atoms with Gasteiger partial charge in [-0.25, -0.2) is 4.68 Å². The van der Waals surface area contributed by atoms with E-state index < -0.39 is 0 Å². The van der Waals surface area contributed by atoms with Crippen LogP contribution in [0.3, 0.4) is 0 Å². The summed E-state index contributed by atoms with van der Waals surface area (Å²) < 4.78 is 1.59. The van der Waals surface area contributed by atoms with Crippen molar-refractivity contribution in [3.8, 4) is 5.69 Å². The highest BCUT2D eigenvalue weighted by atomic mass is 35.5. The van der Waals surface area contributed by atoms with Crippen molar-refractivity contribution in [3.05, 3.63) is 76.6 Å². The molecule has 1 heterocycles. The van der Waals surface area contributed by atoms with Crippen LogP contribution in [0.5, 0.6) is 0 Å². The molecule has 0 aliphatic carbocycles. The molecule has 0 unspecified atom stereocenters. The largest absolute Gasteiger partial charge is 0.352 e. The Morgan fingerprint density at radius 2 is 1.93 bits per heavy atom. The number of rotatable bonds is 5. The molecule has 138 valence electrons. The van der Waals surface area contributed by atoms with Crippen LogP contribution < -0.4 is 10.6 Å². The molecule has 3 rings (SSSR count). The first-order chi connectivity index (χ1) is 13.0. The number of halogens is 1. The summed E-state index contributed by atoms with van der Waals surface area (Å²) in [5.41, 5.74) is 3.19. The minimum Gasteiger partial charge on any atom is -0.352 e. The van der Waals surface area contributed by atoms with Crippen LogP contribution in [0.1, 0.15) is 33.2 Å². The van der Waals surface area contributed by atoms with Crippen molar-refractivity contribution in [1.29, 1.82) is 0 Å². The highest BCUT2D eigenvalue weighted by Gasteiger charge is 2.13. The van der Waals surface area contributed by atoms with Gasteiger partial charge in [0.15, 0.2) is 0 Å². The molecule has 0 atom stereocenters. The molecule has 0 spiro atoms. The fourth-order valence-corrected chi connectivity index (χ4v) is 2.79. The van der Waals surface area contributed by atoms with Crippen LogP contribution in [-0.2, 0) is 0 Å². The Morgan fingerprint density at radius 1 is 1.11 bits per heavy atom. The Morgan fingerprint density at radius 3 is 2.63 bits per heavy atom. The topological polar surface area (TPSA) is 76.0 Å². The first-order valence-corrected chi connectivity index (χ1v) is 8.86. The number of carbonyl (C=O) groups is 2. The van der Waals surface area contributed by atoms with E-state index in [1.807, 2.05) is 26.0 Å². The molecule has 0 fully saturated rings. The molecular formula is C20H19ClN4O2. The van der Waals surface area contributed by atoms with Gasteiger partial charge >= 0.3 is 0 Å². The lowest BCUT2D eigenvalue weighted by molar-refractivity contribution is 0.0955. The van der Waals surface area contributed by atoms with Gasteiger partial charge in [-0.3, -0.25) is 9.59 Å². The van der Waals surface area contributed by atoms with Gasteiger partial charge in [-0.1, -0.05) is 17.7 Å². The molecule has 0 radical (unpaired) electrons. The maximum atomic E-state index is 12.5. The summed E-state index contributed by atoms with van der Waals surface area (Å²) in [5, 5.41) is 10.4. The monoisotopic (exact) mass is 382 g/mol. The maximum Gasteiger partial charge on any atom is 0.258 e. The van der Waals surface area contributed by atoms with Crippen molar-refractivity contribution in [3.63, 3.8) is 0 Å². The summed E-state index contributed by atoms with van der Waals surface area (Å²) in [6.07, 6.45) is 3.13. The zero-order valence-electron chi connectivity index (χ0n) is 15.0. The molecule has 0 bridgehead atoms. The lowest BCUT2D eigenvalue weighted by Gasteiger charge is -2.09. The second-order valence-electron chi connectivity index (χ2n) is 6.00. The van der Waals surface area contributed by atoms with Gasteiger partial charge in [0.05, 0.1) is 17.4 Å². The smallest absolute Gasteiger partial charge is 0.258 e. The Kier molecular flexibility index (Phi) is 5.57. The molecule has 0 aliphatic rings. The van der Waals surface area contributed by atoms with E-state index in [1.165, 1.54) is 6.20 Å². The van der Waals surface area contributed by atoms with Gasteiger partial charge in [0, 0.05) is 29.0 Å². The Hall–Kier alpha value is -3.12. The molecule has 6 nitrogen and oxygen atoms in total. The summed E-state index contributed by atoms with van der Waals surface area (Å²) in [6, 6.07) is 12.4. The zero-order valence-corrected chi connectivity index (χ0v) is 15.7. The SMILES string of the molecule is CCNC(=O)c1ccc(NC(=O)c2cnn(-c3cccc(Cl)c3)c2)c(C)c1. The maximum absolute atomic E-state index is 12.5. The summed E-state index contributed by atoms with van der Waals surface area (Å²) >= 11 is 5.99. The van der Waals surface area contributed by atoms with Crippen molar-refractivity contribution in [1.82, 2.24) is 15.1 Å². The molecule has 2 aromatic carbocycles. The molecule has 0 saturated heterocycles. The average Bonchev–Trinajstić information content (AvgIpc) is 3.14. The molecule has 7 heteroatoms. The molecule has 27 heavy (non-hydrogen) atoms. The van der Waals surface area contributed by atoms with Gasteiger partial charge < -0.3 is 10.6 Å². The number of amides is 2. The van der Waals surface area contributed by atoms with Crippen molar-refractivity contribution >= 4 is 29.1 Å². The van der Waals surface area contributed by atoms with Crippen LogP contribution in [0.2, 0.25) is 5.02 Å². The normalized spacial score (nSPS) is 10.5. The van der Waals surface area contributed by atoms with Gasteiger partial charge in [0.2, 0.25) is 0 Å². The number of aromatic nitrogens is 2. The number of carbonyl (C=O) groups excluding carboxylic acids is 2. The number of anilines is 1. The second kappa shape index (κ2) is 8.05. The van der Waals surface area contributed by atoms with E-state index in [1.54, 1.807) is 41.2 Å². The van der Waals surface area contributed by atoms with E-state index in [9.17, 15) is 9.59 Å². The minimum atomic E-state index is -0.280. The number of hydrogen-bond donors (Lipinski definition) is 2. The molecule has 1 aromatic heterocycles. The summed E-state index contributed by atoms with van der Waals surface area (Å²) in [5.74, 6) is -0.418. The van der Waals surface area contributed by atoms with Gasteiger partial charge in [0.25, 0.3) is 11.8 Å². The highest BCUT2D eigenvalue weighted by molar-refractivity contribution is 6.30. The standard InChI is InChI=1S/C20H19ClN4O2/c1-3-22-19(26)14-7-8-18(13(2)9-14)24-20(27)15-11-23-25(12-15)17-6-4-5-16(21)10-17/h4-12H,3H2,1-2H3,(H,22,26)(H,24,27). The van der Waals surface area contributed by atoms with Gasteiger partial charge in [-0.2, -0.15) is 5.10 Å². The second-order valence-corrected chi connectivity index (χ2v) is 6.43. The van der Waals surface area contributed by atoms with E-state index in [-0.39, 0.29) is 11.8 Å². The lowest BCUT2D eigenvalue weighted by Crippen LogP contribution is -2.22. The fraction of sp³-hybridized carbons (Fsp3) is 0.150. The van der Waals surface area contributed by atoms with Crippen LogP contribution in [-0.4, -0.2) is 28.1 Å². The number of benzene rings is 2. The average molecular weight is 383 g/mol. The Labute approximate surface area is 162 Å². The molecule has 2 N–H and O–H groups in total. The van der Waals surface area contributed by atoms with Crippen LogP contribution in [0.4, 0.5) is 5.69 Å². The first-order valence-electron chi connectivity index (χ1n) is 8.48. The number of hydrogen-bond acceptors (Lipinski definition) is 3. The molecule has 0 aliphatic heterocycles. The third-order valence-electron chi connectivity index (χ3n) is 3.99. The van der Waals surface area contributed by atoms with Crippen LogP contribution >= 0.6 is 11.6 Å². The lowest BCUT2D eigenvalue weighted by atomic mass is 10.1. The van der Waals surface area contributed by atoms with Crippen molar-refractivity contribution < 1.29 is 9.59 Å². The molecule has 3 aromatic rings. The third kappa shape index (κ3) is 4.35. The van der Waals surface area contributed by atoms with Crippen molar-refractivity contribution in [2.45, 2.75) is 13.8 Å². The summed E-state index contributed by atoms with van der Waals surface area (Å²) in [4.78, 5) is 24.4. The van der Waals surface area contributed by atoms with Crippen molar-refractivity contribution in [2.75, 3.05) is 11.9 Å². The predicted molar refractivity (Wildman–Crippen MR) is 106 cm³/mol. The van der Waals surface area contributed by atoms with Gasteiger partial charge in [-0.05, 0) is 55.8 Å². The minimum absolute atomic E-state index is 0.138. The summed E-state index contributed by atoms with van der Waals surface area (Å²) in [6.45, 7) is 4.27. The molecule has 0 saturated carbocycles. The van der Waals surface area contributed by atoms with Crippen LogP contribution in [0.25, 0.3) is 5.69 Å². The van der Waals surface area contributed by atoms with E-state index in [4.69, 9.17) is 11.6 Å². The number of aryl methyl sites for hydroxylation is 1. The highest BCUT2D eigenvalue weighted by Crippen LogP contribution is 2.19. The third-order valence-corrected chi connectivity index (χ3v) is 4.23. The van der Waals surface area contributed by atoms with Crippen molar-refractivity contribution in [2.24, 2.45) is 0 Å². The Balaban J connectivity index is 1.75. The fourth-order valence-electron chi connectivity index (χ4n) is 2.60. The van der Waals surface area contributed by atoms with E-state index in [0.717, 1.165) is 11.3 Å². The predicted octanol–water partition coefficient (Wildman–Crippen LogP) is 3.84. The molecular weight excluding hydrogens is 364 g/mol. The number of nitrogens with one attached hydrogen (secondary N) is 2. The first kappa shape index (κ1) is 18.7. The van der Waals surface area contributed by atoms with Gasteiger partial charge in [0.1, 0.15) is 0 Å². The van der Waals surface area contributed by atoms with E-state index in [0.29, 0.717) is 28.4 Å². The van der Waals surface area contributed by atoms with Crippen LogP contribution in [0.15, 0.2) is 54.9 Å². The Bertz CT molecular complexity index is 997. The number of nitrogens with zero attached hydrogens (tertiary/aromatic N) is 2. The zero-order chi connectivity index (χ0) is 19.4. The van der Waals surface area contributed by atoms with E-state index in [2.05, 4.69) is 15.7 Å². The quantitative estimate of drug-likeness (QED) is 0.704. The molecule has 2 amide bonds.